The zero-order valence-electron chi connectivity index (χ0n) is 12.3. The molecule has 0 heterocycles. The van der Waals surface area contributed by atoms with Crippen molar-refractivity contribution < 1.29 is 14.7 Å². The van der Waals surface area contributed by atoms with Gasteiger partial charge in [-0.05, 0) is 25.7 Å². The Balaban J connectivity index is 4.82. The van der Waals surface area contributed by atoms with Gasteiger partial charge in [0.1, 0.15) is 0 Å². The van der Waals surface area contributed by atoms with Gasteiger partial charge in [-0.1, -0.05) is 27.7 Å². The lowest BCUT2D eigenvalue weighted by molar-refractivity contribution is -0.154. The molecule has 0 aromatic heterocycles. The highest BCUT2D eigenvalue weighted by molar-refractivity contribution is 5.85. The van der Waals surface area contributed by atoms with Gasteiger partial charge in [-0.25, -0.2) is 0 Å². The minimum absolute atomic E-state index is 0.0442. The van der Waals surface area contributed by atoms with Crippen molar-refractivity contribution in [1.82, 2.24) is 4.90 Å². The highest BCUT2D eigenvalue weighted by atomic mass is 16.4. The molecular weight excluding hydrogens is 230 g/mol. The van der Waals surface area contributed by atoms with Crippen LogP contribution in [0, 0.1) is 11.3 Å². The van der Waals surface area contributed by atoms with Crippen LogP contribution in [-0.2, 0) is 9.59 Å². The molecule has 0 unspecified atom stereocenters. The predicted octanol–water partition coefficient (Wildman–Crippen LogP) is 2.77. The van der Waals surface area contributed by atoms with Gasteiger partial charge < -0.3 is 10.0 Å². The van der Waals surface area contributed by atoms with E-state index in [9.17, 15) is 14.7 Å². The Labute approximate surface area is 110 Å². The van der Waals surface area contributed by atoms with E-state index < -0.39 is 11.4 Å². The van der Waals surface area contributed by atoms with Crippen LogP contribution in [0.15, 0.2) is 0 Å². The molecule has 4 heteroatoms. The minimum Gasteiger partial charge on any atom is -0.481 e. The third-order valence-electron chi connectivity index (χ3n) is 3.62. The molecule has 106 valence electrons. The number of nitrogens with zero attached hydrogens (tertiary/aromatic N) is 1. The Kier molecular flexibility index (Phi) is 6.96. The summed E-state index contributed by atoms with van der Waals surface area (Å²) in [4.78, 5) is 25.3. The van der Waals surface area contributed by atoms with Crippen molar-refractivity contribution in [3.8, 4) is 0 Å². The minimum atomic E-state index is -0.901. The van der Waals surface area contributed by atoms with Gasteiger partial charge in [-0.2, -0.15) is 0 Å². The molecule has 0 saturated carbocycles. The van der Waals surface area contributed by atoms with Crippen molar-refractivity contribution in [2.45, 2.75) is 53.9 Å². The van der Waals surface area contributed by atoms with Gasteiger partial charge in [0.15, 0.2) is 0 Å². The fourth-order valence-corrected chi connectivity index (χ4v) is 2.13. The molecule has 0 aromatic carbocycles. The van der Waals surface area contributed by atoms with Crippen LogP contribution in [0.3, 0.4) is 0 Å². The summed E-state index contributed by atoms with van der Waals surface area (Å²) in [5.41, 5.74) is -0.901. The number of amides is 1. The van der Waals surface area contributed by atoms with E-state index in [1.54, 1.807) is 4.90 Å². The van der Waals surface area contributed by atoms with E-state index >= 15 is 0 Å². The quantitative estimate of drug-likeness (QED) is 0.727. The van der Waals surface area contributed by atoms with Crippen LogP contribution in [-0.4, -0.2) is 35.0 Å². The van der Waals surface area contributed by atoms with Crippen molar-refractivity contribution in [1.29, 1.82) is 0 Å². The van der Waals surface area contributed by atoms with Gasteiger partial charge in [0, 0.05) is 19.5 Å². The highest BCUT2D eigenvalue weighted by Crippen LogP contribution is 2.31. The molecule has 0 aliphatic rings. The number of carboxylic acids is 1. The molecule has 1 amide bonds. The molecule has 0 fully saturated rings. The van der Waals surface area contributed by atoms with Crippen LogP contribution in [0.4, 0.5) is 0 Å². The maximum absolute atomic E-state index is 12.2. The number of carbonyl (C=O) groups excluding carboxylic acids is 1. The summed E-state index contributed by atoms with van der Waals surface area (Å²) in [5, 5.41) is 9.34. The lowest BCUT2D eigenvalue weighted by atomic mass is 9.79. The molecule has 0 bridgehead atoms. The fraction of sp³-hybridized carbons (Fsp3) is 0.857. The topological polar surface area (TPSA) is 57.6 Å². The van der Waals surface area contributed by atoms with E-state index in [2.05, 4.69) is 13.8 Å². The molecule has 18 heavy (non-hydrogen) atoms. The monoisotopic (exact) mass is 257 g/mol. The summed E-state index contributed by atoms with van der Waals surface area (Å²) in [6.45, 7) is 11.0. The molecule has 0 aliphatic carbocycles. The first-order valence-electron chi connectivity index (χ1n) is 6.84. The molecule has 4 nitrogen and oxygen atoms in total. The van der Waals surface area contributed by atoms with E-state index in [0.29, 0.717) is 31.8 Å². The van der Waals surface area contributed by atoms with Gasteiger partial charge in [0.25, 0.3) is 0 Å². The molecule has 0 aromatic rings. The first-order chi connectivity index (χ1) is 8.32. The summed E-state index contributed by atoms with van der Waals surface area (Å²) in [5.74, 6) is -0.505. The van der Waals surface area contributed by atoms with Gasteiger partial charge >= 0.3 is 5.97 Å². The normalized spacial score (nSPS) is 11.7. The van der Waals surface area contributed by atoms with E-state index in [0.717, 1.165) is 0 Å². The number of aliphatic carboxylic acids is 1. The Bertz CT molecular complexity index is 283. The number of hydrogen-bond acceptors (Lipinski definition) is 2. The fourth-order valence-electron chi connectivity index (χ4n) is 2.13. The molecule has 0 saturated heterocycles. The average molecular weight is 257 g/mol. The number of rotatable bonds is 8. The molecule has 0 aliphatic heterocycles. The summed E-state index contributed by atoms with van der Waals surface area (Å²) in [6.07, 6.45) is 1.09. The molecule has 1 N–H and O–H groups in total. The van der Waals surface area contributed by atoms with Crippen LogP contribution < -0.4 is 0 Å². The Morgan fingerprint density at radius 2 is 1.67 bits per heavy atom. The number of carboxylic acid groups (broad SMARTS) is 1. The summed E-state index contributed by atoms with van der Waals surface area (Å²) >= 11 is 0. The maximum Gasteiger partial charge on any atom is 0.310 e. The van der Waals surface area contributed by atoms with Crippen LogP contribution >= 0.6 is 0 Å². The average Bonchev–Trinajstić information content (AvgIpc) is 2.32. The van der Waals surface area contributed by atoms with Gasteiger partial charge in [0.2, 0.25) is 5.91 Å². The van der Waals surface area contributed by atoms with E-state index in [-0.39, 0.29) is 12.3 Å². The smallest absolute Gasteiger partial charge is 0.310 e. The van der Waals surface area contributed by atoms with Gasteiger partial charge in [-0.15, -0.1) is 0 Å². The number of carbonyl (C=O) groups is 2. The summed E-state index contributed by atoms with van der Waals surface area (Å²) in [7, 11) is 0. The van der Waals surface area contributed by atoms with Crippen molar-refractivity contribution >= 4 is 11.9 Å². The number of hydrogen-bond donors (Lipinski definition) is 1. The first kappa shape index (κ1) is 16.9. The van der Waals surface area contributed by atoms with Crippen molar-refractivity contribution in [3.63, 3.8) is 0 Å². The third-order valence-corrected chi connectivity index (χ3v) is 3.62. The third kappa shape index (κ3) is 4.31. The summed E-state index contributed by atoms with van der Waals surface area (Å²) < 4.78 is 0. The SMILES string of the molecule is CCN(CC(C)C)C(=O)CC(CC)(CC)C(=O)O. The molecule has 0 radical (unpaired) electrons. The molecule has 0 spiro atoms. The molecular formula is C14H27NO3. The van der Waals surface area contributed by atoms with Crippen molar-refractivity contribution in [2.75, 3.05) is 13.1 Å². The zero-order valence-corrected chi connectivity index (χ0v) is 12.3. The summed E-state index contributed by atoms with van der Waals surface area (Å²) in [6, 6.07) is 0. The second kappa shape index (κ2) is 7.39. The second-order valence-electron chi connectivity index (χ2n) is 5.30. The highest BCUT2D eigenvalue weighted by Gasteiger charge is 2.38. The van der Waals surface area contributed by atoms with Crippen LogP contribution in [0.25, 0.3) is 0 Å². The lowest BCUT2D eigenvalue weighted by Gasteiger charge is -2.30. The van der Waals surface area contributed by atoms with E-state index in [4.69, 9.17) is 0 Å². The van der Waals surface area contributed by atoms with Crippen LogP contribution in [0.1, 0.15) is 53.9 Å². The van der Waals surface area contributed by atoms with Crippen molar-refractivity contribution in [2.24, 2.45) is 11.3 Å². The molecule has 0 atom stereocenters. The maximum atomic E-state index is 12.2. The van der Waals surface area contributed by atoms with Crippen LogP contribution in [0.2, 0.25) is 0 Å². The van der Waals surface area contributed by atoms with Crippen LogP contribution in [0.5, 0.6) is 0 Å². The van der Waals surface area contributed by atoms with E-state index in [1.807, 2.05) is 20.8 Å². The Morgan fingerprint density at radius 3 is 1.94 bits per heavy atom. The largest absolute Gasteiger partial charge is 0.481 e. The van der Waals surface area contributed by atoms with Crippen molar-refractivity contribution in [3.05, 3.63) is 0 Å². The Hall–Kier alpha value is -1.06. The predicted molar refractivity (Wildman–Crippen MR) is 72.4 cm³/mol. The standard InChI is InChI=1S/C14H27NO3/c1-6-14(7-2,13(17)18)9-12(16)15(8-3)10-11(4)5/h11H,6-10H2,1-5H3,(H,17,18). The van der Waals surface area contributed by atoms with Gasteiger partial charge in [-0.3, -0.25) is 9.59 Å². The van der Waals surface area contributed by atoms with Gasteiger partial charge in [0.05, 0.1) is 5.41 Å². The first-order valence-corrected chi connectivity index (χ1v) is 6.84. The second-order valence-corrected chi connectivity index (χ2v) is 5.30. The zero-order chi connectivity index (χ0) is 14.3. The molecule has 0 rings (SSSR count). The van der Waals surface area contributed by atoms with E-state index in [1.165, 1.54) is 0 Å². The lowest BCUT2D eigenvalue weighted by Crippen LogP contribution is -2.40. The Morgan fingerprint density at radius 1 is 1.17 bits per heavy atom.